The molecular formula is C14H14N2O4S. The molecule has 0 aromatic heterocycles. The molecule has 2 aliphatic heterocycles. The molecule has 110 valence electrons. The van der Waals surface area contributed by atoms with Crippen LogP contribution >= 0.6 is 11.8 Å². The zero-order valence-corrected chi connectivity index (χ0v) is 12.0. The van der Waals surface area contributed by atoms with E-state index in [1.54, 1.807) is 17.0 Å². The largest absolute Gasteiger partial charge is 0.478 e. The Hall–Kier alpha value is -2.02. The zero-order valence-electron chi connectivity index (χ0n) is 11.2. The second kappa shape index (κ2) is 5.40. The van der Waals surface area contributed by atoms with Crippen molar-refractivity contribution in [2.24, 2.45) is 0 Å². The van der Waals surface area contributed by atoms with Gasteiger partial charge in [0.05, 0.1) is 5.56 Å². The molecule has 1 saturated heterocycles. The van der Waals surface area contributed by atoms with Crippen molar-refractivity contribution in [2.75, 3.05) is 12.3 Å². The molecule has 1 atom stereocenters. The Balaban J connectivity index is 1.77. The second-order valence-electron chi connectivity index (χ2n) is 5.09. The molecule has 2 amide bonds. The van der Waals surface area contributed by atoms with Crippen LogP contribution in [0.1, 0.15) is 21.5 Å². The van der Waals surface area contributed by atoms with Crippen molar-refractivity contribution >= 4 is 28.9 Å². The molecule has 2 heterocycles. The van der Waals surface area contributed by atoms with Gasteiger partial charge in [0, 0.05) is 18.8 Å². The van der Waals surface area contributed by atoms with Crippen LogP contribution < -0.4 is 5.32 Å². The summed E-state index contributed by atoms with van der Waals surface area (Å²) < 4.78 is 0. The second-order valence-corrected chi connectivity index (χ2v) is 6.09. The first-order valence-electron chi connectivity index (χ1n) is 6.62. The van der Waals surface area contributed by atoms with E-state index < -0.39 is 12.0 Å². The van der Waals surface area contributed by atoms with Crippen LogP contribution in [-0.2, 0) is 17.8 Å². The van der Waals surface area contributed by atoms with E-state index in [1.165, 1.54) is 0 Å². The van der Waals surface area contributed by atoms with Gasteiger partial charge >= 0.3 is 5.97 Å². The van der Waals surface area contributed by atoms with Gasteiger partial charge in [0.1, 0.15) is 6.04 Å². The molecule has 2 aliphatic rings. The van der Waals surface area contributed by atoms with Crippen LogP contribution in [-0.4, -0.2) is 45.5 Å². The molecule has 21 heavy (non-hydrogen) atoms. The lowest BCUT2D eigenvalue weighted by Crippen LogP contribution is -2.47. The van der Waals surface area contributed by atoms with E-state index in [1.807, 2.05) is 6.07 Å². The third kappa shape index (κ3) is 2.73. The lowest BCUT2D eigenvalue weighted by Gasteiger charge is -2.30. The minimum atomic E-state index is -0.972. The molecule has 6 nitrogen and oxygen atoms in total. The average molecular weight is 306 g/mol. The molecule has 0 bridgehead atoms. The summed E-state index contributed by atoms with van der Waals surface area (Å²) in [5, 5.41) is 11.5. The number of amides is 2. The summed E-state index contributed by atoms with van der Waals surface area (Å²) in [5.74, 6) is -0.614. The summed E-state index contributed by atoms with van der Waals surface area (Å²) >= 11 is 1.11. The maximum absolute atomic E-state index is 12.4. The van der Waals surface area contributed by atoms with Gasteiger partial charge < -0.3 is 15.3 Å². The lowest BCUT2D eigenvalue weighted by molar-refractivity contribution is -0.133. The van der Waals surface area contributed by atoms with Crippen LogP contribution in [0.3, 0.4) is 0 Å². The minimum Gasteiger partial charge on any atom is -0.478 e. The van der Waals surface area contributed by atoms with Crippen LogP contribution in [0.25, 0.3) is 0 Å². The first kappa shape index (κ1) is 13.9. The number of benzene rings is 1. The fourth-order valence-corrected chi connectivity index (χ4v) is 3.39. The SMILES string of the molecule is O=C1NC(C(=O)N2CCc3ccc(C(=O)O)cc3C2)CS1. The molecule has 0 spiro atoms. The van der Waals surface area contributed by atoms with Gasteiger partial charge in [-0.1, -0.05) is 17.8 Å². The maximum Gasteiger partial charge on any atom is 0.335 e. The number of aromatic carboxylic acids is 1. The molecule has 7 heteroatoms. The highest BCUT2D eigenvalue weighted by atomic mass is 32.2. The van der Waals surface area contributed by atoms with Crippen molar-refractivity contribution < 1.29 is 19.5 Å². The van der Waals surface area contributed by atoms with Crippen LogP contribution in [0.5, 0.6) is 0 Å². The lowest BCUT2D eigenvalue weighted by atomic mass is 9.97. The van der Waals surface area contributed by atoms with E-state index in [9.17, 15) is 14.4 Å². The third-order valence-electron chi connectivity index (χ3n) is 3.75. The zero-order chi connectivity index (χ0) is 15.0. The molecule has 0 saturated carbocycles. The Morgan fingerprint density at radius 3 is 2.81 bits per heavy atom. The van der Waals surface area contributed by atoms with Crippen LogP contribution in [0.15, 0.2) is 18.2 Å². The Morgan fingerprint density at radius 1 is 1.33 bits per heavy atom. The maximum atomic E-state index is 12.4. The number of nitrogens with one attached hydrogen (secondary N) is 1. The summed E-state index contributed by atoms with van der Waals surface area (Å²) in [4.78, 5) is 36.2. The molecule has 0 aliphatic carbocycles. The number of nitrogens with zero attached hydrogens (tertiary/aromatic N) is 1. The van der Waals surface area contributed by atoms with Crippen molar-refractivity contribution in [2.45, 2.75) is 19.0 Å². The van der Waals surface area contributed by atoms with Crippen molar-refractivity contribution in [3.8, 4) is 0 Å². The van der Waals surface area contributed by atoms with Gasteiger partial charge in [0.15, 0.2) is 0 Å². The molecule has 1 aromatic rings. The van der Waals surface area contributed by atoms with Crippen LogP contribution in [0, 0.1) is 0 Å². The summed E-state index contributed by atoms with van der Waals surface area (Å²) in [5.41, 5.74) is 2.17. The first-order valence-corrected chi connectivity index (χ1v) is 7.60. The van der Waals surface area contributed by atoms with Crippen molar-refractivity contribution in [1.82, 2.24) is 10.2 Å². The van der Waals surface area contributed by atoms with Crippen molar-refractivity contribution in [3.05, 3.63) is 34.9 Å². The summed E-state index contributed by atoms with van der Waals surface area (Å²) in [6, 6.07) is 4.56. The molecule has 0 radical (unpaired) electrons. The predicted octanol–water partition coefficient (Wildman–Crippen LogP) is 1.09. The van der Waals surface area contributed by atoms with Gasteiger partial charge in [-0.15, -0.1) is 0 Å². The first-order chi connectivity index (χ1) is 10.0. The minimum absolute atomic E-state index is 0.0975. The number of rotatable bonds is 2. The number of hydrogen-bond acceptors (Lipinski definition) is 4. The standard InChI is InChI=1S/C14H14N2O4S/c17-12(11-7-21-14(20)15-11)16-4-3-8-1-2-9(13(18)19)5-10(8)6-16/h1-2,5,11H,3-4,6-7H2,(H,15,20)(H,18,19). The quantitative estimate of drug-likeness (QED) is 0.854. The Morgan fingerprint density at radius 2 is 2.14 bits per heavy atom. The van der Waals surface area contributed by atoms with E-state index in [-0.39, 0.29) is 16.7 Å². The molecule has 1 aromatic carbocycles. The summed E-state index contributed by atoms with van der Waals surface area (Å²) in [6.07, 6.45) is 0.703. The van der Waals surface area contributed by atoms with Crippen molar-refractivity contribution in [3.63, 3.8) is 0 Å². The number of carboxylic acid groups (broad SMARTS) is 1. The molecule has 3 rings (SSSR count). The van der Waals surface area contributed by atoms with Gasteiger partial charge in [-0.05, 0) is 29.7 Å². The van der Waals surface area contributed by atoms with Crippen LogP contribution in [0.2, 0.25) is 0 Å². The smallest absolute Gasteiger partial charge is 0.335 e. The number of carboxylic acids is 1. The number of carbonyl (C=O) groups is 3. The highest BCUT2D eigenvalue weighted by Gasteiger charge is 2.32. The number of fused-ring (bicyclic) bond motifs is 1. The Labute approximate surface area is 125 Å². The highest BCUT2D eigenvalue weighted by Crippen LogP contribution is 2.23. The van der Waals surface area contributed by atoms with Crippen molar-refractivity contribution in [1.29, 1.82) is 0 Å². The van der Waals surface area contributed by atoms with Gasteiger partial charge in [-0.3, -0.25) is 9.59 Å². The van der Waals surface area contributed by atoms with E-state index in [0.717, 1.165) is 22.9 Å². The van der Waals surface area contributed by atoms with Crippen LogP contribution in [0.4, 0.5) is 4.79 Å². The average Bonchev–Trinajstić information content (AvgIpc) is 2.91. The van der Waals surface area contributed by atoms with Gasteiger partial charge in [0.2, 0.25) is 5.91 Å². The van der Waals surface area contributed by atoms with E-state index in [4.69, 9.17) is 5.11 Å². The van der Waals surface area contributed by atoms with E-state index in [0.29, 0.717) is 25.3 Å². The molecule has 2 N–H and O–H groups in total. The fraction of sp³-hybridized carbons (Fsp3) is 0.357. The van der Waals surface area contributed by atoms with Gasteiger partial charge in [0.25, 0.3) is 5.24 Å². The normalized spacial score (nSPS) is 20.9. The number of carbonyl (C=O) groups excluding carboxylic acids is 2. The summed E-state index contributed by atoms with van der Waals surface area (Å²) in [6.45, 7) is 0.988. The van der Waals surface area contributed by atoms with Gasteiger partial charge in [-0.2, -0.15) is 0 Å². The Bertz CT molecular complexity index is 631. The number of thioether (sulfide) groups is 1. The molecular weight excluding hydrogens is 292 g/mol. The highest BCUT2D eigenvalue weighted by molar-refractivity contribution is 8.14. The molecule has 1 fully saturated rings. The fourth-order valence-electron chi connectivity index (χ4n) is 2.62. The number of hydrogen-bond donors (Lipinski definition) is 2. The third-order valence-corrected chi connectivity index (χ3v) is 4.63. The summed E-state index contributed by atoms with van der Waals surface area (Å²) in [7, 11) is 0. The molecule has 1 unspecified atom stereocenters. The monoisotopic (exact) mass is 306 g/mol. The predicted molar refractivity (Wildman–Crippen MR) is 77.3 cm³/mol. The van der Waals surface area contributed by atoms with Gasteiger partial charge in [-0.25, -0.2) is 4.79 Å². The topological polar surface area (TPSA) is 86.7 Å². The van der Waals surface area contributed by atoms with E-state index >= 15 is 0 Å². The van der Waals surface area contributed by atoms with E-state index in [2.05, 4.69) is 5.32 Å². The Kier molecular flexibility index (Phi) is 3.59.